The Balaban J connectivity index is 0.000000696. The number of benzene rings is 2. The first-order valence-corrected chi connectivity index (χ1v) is 14.9. The quantitative estimate of drug-likeness (QED) is 0.363. The number of halogens is 3. The van der Waals surface area contributed by atoms with E-state index in [0.29, 0.717) is 31.7 Å². The van der Waals surface area contributed by atoms with Gasteiger partial charge < -0.3 is 9.69 Å². The first kappa shape index (κ1) is 33.2. The molecule has 0 aliphatic carbocycles. The van der Waals surface area contributed by atoms with Crippen molar-refractivity contribution >= 4 is 23.8 Å². The lowest BCUT2D eigenvalue weighted by Gasteiger charge is -2.36. The number of hydrogen-bond donors (Lipinski definition) is 0. The summed E-state index contributed by atoms with van der Waals surface area (Å²) in [5, 5.41) is 0.729. The average Bonchev–Trinajstić information content (AvgIpc) is 3.33. The molecule has 2 heterocycles. The largest absolute Gasteiger partial charge is 0.341 e. The minimum absolute atomic E-state index is 0.0730. The molecule has 2 saturated heterocycles. The third-order valence-electron chi connectivity index (χ3n) is 8.03. The van der Waals surface area contributed by atoms with E-state index in [1.807, 2.05) is 37.8 Å². The van der Waals surface area contributed by atoms with Crippen LogP contribution in [-0.2, 0) is 9.59 Å². The van der Waals surface area contributed by atoms with Gasteiger partial charge in [0.1, 0.15) is 17.9 Å². The fourth-order valence-electron chi connectivity index (χ4n) is 5.52. The van der Waals surface area contributed by atoms with E-state index in [0.717, 1.165) is 36.8 Å². The minimum Gasteiger partial charge on any atom is -0.341 e. The molecule has 0 N–H and O–H groups in total. The maximum atomic E-state index is 14.8. The van der Waals surface area contributed by atoms with Crippen LogP contribution in [0.2, 0.25) is 5.02 Å². The van der Waals surface area contributed by atoms with Crippen LogP contribution < -0.4 is 0 Å². The van der Waals surface area contributed by atoms with Crippen molar-refractivity contribution < 1.29 is 18.4 Å². The maximum absolute atomic E-state index is 14.8. The minimum atomic E-state index is -0.596. The Labute approximate surface area is 249 Å². The van der Waals surface area contributed by atoms with E-state index in [1.54, 1.807) is 0 Å². The molecule has 2 aromatic rings. The van der Waals surface area contributed by atoms with Crippen molar-refractivity contribution in [2.24, 2.45) is 11.3 Å². The molecule has 0 saturated carbocycles. The highest BCUT2D eigenvalue weighted by atomic mass is 35.5. The van der Waals surface area contributed by atoms with Gasteiger partial charge in [-0.25, -0.2) is 8.78 Å². The number of likely N-dealkylation sites (tertiary alicyclic amines) is 1. The molecule has 8 heteroatoms. The molecule has 41 heavy (non-hydrogen) atoms. The Bertz CT molecular complexity index is 1180. The summed E-state index contributed by atoms with van der Waals surface area (Å²) in [4.78, 5) is 30.2. The van der Waals surface area contributed by atoms with Crippen molar-refractivity contribution in [3.8, 4) is 0 Å². The van der Waals surface area contributed by atoms with Crippen molar-refractivity contribution in [1.82, 2.24) is 14.7 Å². The van der Waals surface area contributed by atoms with E-state index < -0.39 is 11.6 Å². The highest BCUT2D eigenvalue weighted by Gasteiger charge is 2.44. The first-order valence-electron chi connectivity index (χ1n) is 14.5. The van der Waals surface area contributed by atoms with Gasteiger partial charge in [0.25, 0.3) is 0 Å². The van der Waals surface area contributed by atoms with Gasteiger partial charge in [-0.3, -0.25) is 14.6 Å². The van der Waals surface area contributed by atoms with Gasteiger partial charge in [-0.1, -0.05) is 50.6 Å². The van der Waals surface area contributed by atoms with Gasteiger partial charge >= 0.3 is 0 Å². The van der Waals surface area contributed by atoms with Gasteiger partial charge in [0.2, 0.25) is 5.91 Å². The van der Waals surface area contributed by atoms with Crippen molar-refractivity contribution in [3.05, 3.63) is 70.2 Å². The molecule has 2 aliphatic heterocycles. The molecule has 1 unspecified atom stereocenters. The summed E-state index contributed by atoms with van der Waals surface area (Å²) in [6.45, 7) is 15.2. The molecule has 0 spiro atoms. The third kappa shape index (κ3) is 9.07. The lowest BCUT2D eigenvalue weighted by Crippen LogP contribution is -2.46. The number of nitrogens with zero attached hydrogens (tertiary/aromatic N) is 3. The van der Waals surface area contributed by atoms with Crippen LogP contribution >= 0.6 is 11.6 Å². The van der Waals surface area contributed by atoms with Crippen LogP contribution in [0.25, 0.3) is 0 Å². The predicted octanol–water partition coefficient (Wildman–Crippen LogP) is 6.96. The van der Waals surface area contributed by atoms with E-state index in [1.165, 1.54) is 17.7 Å². The normalized spacial score (nSPS) is 22.9. The standard InChI is InChI=1S/C28H36ClF2N3O.C5H10O/c1-28(2,3)34-17-23(22-12-11-21(30)16-25(22)31)24(18-34)27(35)33-13-5-6-26(32(4)14-15-33)19-7-9-20(29)10-8-19;1-5(2,3)4-6/h7-12,16,23-24,26H,5-6,13-15,17-18H2,1-4H3;4H,1-3H3/t23-,24?,26-;/m0./s1. The second-order valence-electron chi connectivity index (χ2n) is 13.5. The van der Waals surface area contributed by atoms with E-state index in [-0.39, 0.29) is 34.7 Å². The maximum Gasteiger partial charge on any atom is 0.227 e. The molecule has 4 rings (SSSR count). The Kier molecular flexibility index (Phi) is 11.1. The number of amides is 1. The van der Waals surface area contributed by atoms with Crippen molar-refractivity contribution in [2.45, 2.75) is 71.9 Å². The molecule has 2 aliphatic rings. The fraction of sp³-hybridized carbons (Fsp3) is 0.576. The van der Waals surface area contributed by atoms with Gasteiger partial charge in [0, 0.05) is 66.7 Å². The van der Waals surface area contributed by atoms with E-state index in [9.17, 15) is 18.4 Å². The average molecular weight is 590 g/mol. The third-order valence-corrected chi connectivity index (χ3v) is 8.28. The summed E-state index contributed by atoms with van der Waals surface area (Å²) in [7, 11) is 2.10. The Morgan fingerprint density at radius 2 is 1.59 bits per heavy atom. The number of likely N-dealkylation sites (N-methyl/N-ethyl adjacent to an activating group) is 1. The zero-order valence-corrected chi connectivity index (χ0v) is 26.3. The summed E-state index contributed by atoms with van der Waals surface area (Å²) >= 11 is 6.07. The molecule has 2 fully saturated rings. The molecule has 226 valence electrons. The zero-order valence-electron chi connectivity index (χ0n) is 25.6. The van der Waals surface area contributed by atoms with Crippen LogP contribution in [0.3, 0.4) is 0 Å². The second-order valence-corrected chi connectivity index (χ2v) is 13.9. The van der Waals surface area contributed by atoms with Gasteiger partial charge in [-0.15, -0.1) is 0 Å². The molecule has 1 amide bonds. The number of rotatable bonds is 3. The molecule has 3 atom stereocenters. The number of carbonyl (C=O) groups is 2. The Morgan fingerprint density at radius 3 is 2.15 bits per heavy atom. The molecule has 0 bridgehead atoms. The van der Waals surface area contributed by atoms with Gasteiger partial charge in [-0.2, -0.15) is 0 Å². The molecular formula is C33H46ClF2N3O2. The Morgan fingerprint density at radius 1 is 0.951 bits per heavy atom. The second kappa shape index (κ2) is 13.7. The SMILES string of the molecule is CC(C)(C)C=O.CN1CCN(C(=O)C2CN(C(C)(C)C)C[C@H]2c2ccc(F)cc2F)CCC[C@H]1c1ccc(Cl)cc1. The van der Waals surface area contributed by atoms with Gasteiger partial charge in [0.15, 0.2) is 0 Å². The lowest BCUT2D eigenvalue weighted by atomic mass is 9.87. The van der Waals surface area contributed by atoms with E-state index >= 15 is 0 Å². The summed E-state index contributed by atoms with van der Waals surface area (Å²) in [5.74, 6) is -1.74. The van der Waals surface area contributed by atoms with E-state index in [4.69, 9.17) is 11.6 Å². The highest BCUT2D eigenvalue weighted by Crippen LogP contribution is 2.39. The number of aldehydes is 1. The topological polar surface area (TPSA) is 43.9 Å². The lowest BCUT2D eigenvalue weighted by molar-refractivity contribution is -0.136. The molecule has 0 aromatic heterocycles. The summed E-state index contributed by atoms with van der Waals surface area (Å²) in [6, 6.07) is 12.0. The zero-order chi connectivity index (χ0) is 30.5. The number of carbonyl (C=O) groups excluding carboxylic acids is 2. The first-order chi connectivity index (χ1) is 19.1. The van der Waals surface area contributed by atoms with Crippen molar-refractivity contribution in [2.75, 3.05) is 39.8 Å². The van der Waals surface area contributed by atoms with Crippen molar-refractivity contribution in [3.63, 3.8) is 0 Å². The molecule has 2 aromatic carbocycles. The van der Waals surface area contributed by atoms with E-state index in [2.05, 4.69) is 49.8 Å². The van der Waals surface area contributed by atoms with Crippen LogP contribution in [0.1, 0.15) is 77.5 Å². The summed E-state index contributed by atoms with van der Waals surface area (Å²) in [5.41, 5.74) is 1.38. The van der Waals surface area contributed by atoms with Gasteiger partial charge in [0.05, 0.1) is 5.92 Å². The predicted molar refractivity (Wildman–Crippen MR) is 162 cm³/mol. The van der Waals surface area contributed by atoms with Crippen LogP contribution in [-0.4, -0.2) is 72.2 Å². The fourth-order valence-corrected chi connectivity index (χ4v) is 5.65. The van der Waals surface area contributed by atoms with Crippen molar-refractivity contribution in [1.29, 1.82) is 0 Å². The monoisotopic (exact) mass is 589 g/mol. The Hall–Kier alpha value is -2.35. The smallest absolute Gasteiger partial charge is 0.227 e. The molecular weight excluding hydrogens is 544 g/mol. The summed E-state index contributed by atoms with van der Waals surface area (Å²) < 4.78 is 28.4. The highest BCUT2D eigenvalue weighted by molar-refractivity contribution is 6.30. The van der Waals surface area contributed by atoms with Crippen LogP contribution in [0, 0.1) is 23.0 Å². The van der Waals surface area contributed by atoms with Crippen LogP contribution in [0.5, 0.6) is 0 Å². The van der Waals surface area contributed by atoms with Gasteiger partial charge in [-0.05, 0) is 70.0 Å². The van der Waals surface area contributed by atoms with Crippen LogP contribution in [0.4, 0.5) is 8.78 Å². The molecule has 5 nitrogen and oxygen atoms in total. The molecule has 0 radical (unpaired) electrons. The van der Waals surface area contributed by atoms with Crippen LogP contribution in [0.15, 0.2) is 42.5 Å². The summed E-state index contributed by atoms with van der Waals surface area (Å²) in [6.07, 6.45) is 2.76. The number of hydrogen-bond acceptors (Lipinski definition) is 4.